The number of halogens is 1. The zero-order valence-corrected chi connectivity index (χ0v) is 11.1. The highest BCUT2D eigenvalue weighted by atomic mass is 79.9. The molecular formula is C10H16BrN3O3. The highest BCUT2D eigenvalue weighted by molar-refractivity contribution is 9.10. The Balaban J connectivity index is 2.82. The molecule has 17 heavy (non-hydrogen) atoms. The van der Waals surface area contributed by atoms with Gasteiger partial charge in [-0.3, -0.25) is 4.79 Å². The van der Waals surface area contributed by atoms with E-state index in [2.05, 4.69) is 26.3 Å². The van der Waals surface area contributed by atoms with Crippen molar-refractivity contribution in [2.45, 2.75) is 26.0 Å². The van der Waals surface area contributed by atoms with Crippen LogP contribution in [-0.4, -0.2) is 39.2 Å². The molecule has 3 N–H and O–H groups in total. The number of aromatic nitrogens is 2. The standard InChI is InChI=1S/C10H16BrN3O3/c1-2-3-14-10(17)9(11)8(5-13-14)12-4-7(16)6-15/h5,7,12,15-16H,2-4,6H2,1H3. The summed E-state index contributed by atoms with van der Waals surface area (Å²) in [6, 6.07) is 0. The monoisotopic (exact) mass is 305 g/mol. The minimum absolute atomic E-state index is 0.161. The van der Waals surface area contributed by atoms with Crippen LogP contribution < -0.4 is 10.9 Å². The Kier molecular flexibility index (Phi) is 5.60. The van der Waals surface area contributed by atoms with Gasteiger partial charge in [0.1, 0.15) is 4.47 Å². The minimum Gasteiger partial charge on any atom is -0.394 e. The van der Waals surface area contributed by atoms with Crippen LogP contribution in [0.3, 0.4) is 0 Å². The Bertz CT molecular complexity index is 422. The molecule has 0 aliphatic rings. The maximum atomic E-state index is 11.8. The average molecular weight is 306 g/mol. The number of aryl methyl sites for hydroxylation is 1. The lowest BCUT2D eigenvalue weighted by Gasteiger charge is -2.12. The van der Waals surface area contributed by atoms with Crippen LogP contribution in [0.4, 0.5) is 5.69 Å². The highest BCUT2D eigenvalue weighted by Gasteiger charge is 2.09. The molecule has 0 bridgehead atoms. The van der Waals surface area contributed by atoms with Gasteiger partial charge < -0.3 is 15.5 Å². The third-order valence-electron chi connectivity index (χ3n) is 2.16. The Morgan fingerprint density at radius 1 is 1.65 bits per heavy atom. The van der Waals surface area contributed by atoms with Gasteiger partial charge in [0, 0.05) is 13.1 Å². The van der Waals surface area contributed by atoms with Crippen molar-refractivity contribution in [3.05, 3.63) is 21.0 Å². The molecule has 0 saturated heterocycles. The summed E-state index contributed by atoms with van der Waals surface area (Å²) in [6.07, 6.45) is 1.49. The van der Waals surface area contributed by atoms with Gasteiger partial charge in [0.25, 0.3) is 5.56 Å². The van der Waals surface area contributed by atoms with Gasteiger partial charge in [-0.05, 0) is 22.4 Å². The smallest absolute Gasteiger partial charge is 0.283 e. The number of aliphatic hydroxyl groups is 2. The summed E-state index contributed by atoms with van der Waals surface area (Å²) in [6.45, 7) is 2.36. The lowest BCUT2D eigenvalue weighted by Crippen LogP contribution is -2.27. The first kappa shape index (κ1) is 14.1. The predicted molar refractivity (Wildman–Crippen MR) is 68.1 cm³/mol. The summed E-state index contributed by atoms with van der Waals surface area (Å²) >= 11 is 3.19. The molecule has 1 rings (SSSR count). The predicted octanol–water partition coefficient (Wildman–Crippen LogP) is 0.181. The zero-order chi connectivity index (χ0) is 12.8. The van der Waals surface area contributed by atoms with Crippen molar-refractivity contribution in [2.75, 3.05) is 18.5 Å². The minimum atomic E-state index is -0.861. The normalized spacial score (nSPS) is 12.5. The fourth-order valence-corrected chi connectivity index (χ4v) is 1.70. The molecule has 1 aromatic rings. The van der Waals surface area contributed by atoms with Crippen molar-refractivity contribution in [2.24, 2.45) is 0 Å². The maximum Gasteiger partial charge on any atom is 0.283 e. The molecule has 0 aliphatic carbocycles. The molecule has 1 atom stereocenters. The molecule has 0 amide bonds. The number of aliphatic hydroxyl groups excluding tert-OH is 2. The van der Waals surface area contributed by atoms with Crippen LogP contribution >= 0.6 is 15.9 Å². The second kappa shape index (κ2) is 6.73. The summed E-state index contributed by atoms with van der Waals surface area (Å²) in [7, 11) is 0. The molecule has 0 spiro atoms. The van der Waals surface area contributed by atoms with Crippen molar-refractivity contribution in [3.63, 3.8) is 0 Å². The quantitative estimate of drug-likeness (QED) is 0.698. The summed E-state index contributed by atoms with van der Waals surface area (Å²) < 4.78 is 1.75. The van der Waals surface area contributed by atoms with Crippen molar-refractivity contribution < 1.29 is 10.2 Å². The lowest BCUT2D eigenvalue weighted by atomic mass is 10.3. The van der Waals surface area contributed by atoms with E-state index in [0.29, 0.717) is 16.7 Å². The third-order valence-corrected chi connectivity index (χ3v) is 2.93. The summed E-state index contributed by atoms with van der Waals surface area (Å²) in [5.41, 5.74) is 0.296. The van der Waals surface area contributed by atoms with Crippen molar-refractivity contribution in [3.8, 4) is 0 Å². The Morgan fingerprint density at radius 3 is 2.94 bits per heavy atom. The van der Waals surface area contributed by atoms with Gasteiger partial charge in [-0.15, -0.1) is 0 Å². The van der Waals surface area contributed by atoms with Gasteiger partial charge >= 0.3 is 0 Å². The van der Waals surface area contributed by atoms with E-state index in [0.717, 1.165) is 6.42 Å². The molecule has 1 aromatic heterocycles. The highest BCUT2D eigenvalue weighted by Crippen LogP contribution is 2.15. The van der Waals surface area contributed by atoms with Crippen LogP contribution in [0.1, 0.15) is 13.3 Å². The van der Waals surface area contributed by atoms with Crippen LogP contribution in [0.15, 0.2) is 15.5 Å². The Morgan fingerprint density at radius 2 is 2.35 bits per heavy atom. The van der Waals surface area contributed by atoms with E-state index in [1.54, 1.807) is 0 Å². The Hall–Kier alpha value is -0.920. The molecule has 1 unspecified atom stereocenters. The second-order valence-corrected chi connectivity index (χ2v) is 4.41. The van der Waals surface area contributed by atoms with Crippen LogP contribution in [0.5, 0.6) is 0 Å². The van der Waals surface area contributed by atoms with E-state index in [1.807, 2.05) is 6.92 Å². The summed E-state index contributed by atoms with van der Waals surface area (Å²) in [5, 5.41) is 24.7. The number of rotatable bonds is 6. The van der Waals surface area contributed by atoms with E-state index in [9.17, 15) is 9.90 Å². The van der Waals surface area contributed by atoms with Crippen LogP contribution in [0.25, 0.3) is 0 Å². The van der Waals surface area contributed by atoms with Crippen molar-refractivity contribution >= 4 is 21.6 Å². The van der Waals surface area contributed by atoms with Gasteiger partial charge in [-0.1, -0.05) is 6.92 Å². The molecule has 0 saturated carbocycles. The van der Waals surface area contributed by atoms with E-state index < -0.39 is 6.10 Å². The van der Waals surface area contributed by atoms with Crippen molar-refractivity contribution in [1.29, 1.82) is 0 Å². The summed E-state index contributed by atoms with van der Waals surface area (Å²) in [4.78, 5) is 11.8. The zero-order valence-electron chi connectivity index (χ0n) is 9.56. The van der Waals surface area contributed by atoms with Gasteiger partial charge in [-0.25, -0.2) is 4.68 Å². The first-order valence-corrected chi connectivity index (χ1v) is 6.17. The van der Waals surface area contributed by atoms with Gasteiger partial charge in [0.15, 0.2) is 0 Å². The molecule has 0 radical (unpaired) electrons. The van der Waals surface area contributed by atoms with Crippen LogP contribution in [0.2, 0.25) is 0 Å². The SMILES string of the molecule is CCCn1ncc(NCC(O)CO)c(Br)c1=O. The number of hydrogen-bond donors (Lipinski definition) is 3. The van der Waals surface area contributed by atoms with Gasteiger partial charge in [0.2, 0.25) is 0 Å². The fraction of sp³-hybridized carbons (Fsp3) is 0.600. The van der Waals surface area contributed by atoms with Gasteiger partial charge in [0.05, 0.1) is 24.6 Å². The average Bonchev–Trinajstić information content (AvgIpc) is 2.34. The third kappa shape index (κ3) is 3.79. The molecule has 6 nitrogen and oxygen atoms in total. The maximum absolute atomic E-state index is 11.8. The number of nitrogens with one attached hydrogen (secondary N) is 1. The summed E-state index contributed by atoms with van der Waals surface area (Å²) in [5.74, 6) is 0. The molecule has 0 aromatic carbocycles. The molecular weight excluding hydrogens is 290 g/mol. The fourth-order valence-electron chi connectivity index (χ4n) is 1.25. The van der Waals surface area contributed by atoms with Gasteiger partial charge in [-0.2, -0.15) is 5.10 Å². The number of hydrogen-bond acceptors (Lipinski definition) is 5. The van der Waals surface area contributed by atoms with E-state index in [4.69, 9.17) is 5.11 Å². The van der Waals surface area contributed by atoms with Crippen molar-refractivity contribution in [1.82, 2.24) is 9.78 Å². The molecule has 0 aliphatic heterocycles. The first-order valence-electron chi connectivity index (χ1n) is 5.38. The van der Waals surface area contributed by atoms with E-state index >= 15 is 0 Å². The van der Waals surface area contributed by atoms with E-state index in [1.165, 1.54) is 10.9 Å². The largest absolute Gasteiger partial charge is 0.394 e. The van der Waals surface area contributed by atoms with Crippen LogP contribution in [-0.2, 0) is 6.54 Å². The van der Waals surface area contributed by atoms with Crippen LogP contribution in [0, 0.1) is 0 Å². The number of nitrogens with zero attached hydrogens (tertiary/aromatic N) is 2. The molecule has 7 heteroatoms. The molecule has 96 valence electrons. The molecule has 0 fully saturated rings. The number of anilines is 1. The second-order valence-electron chi connectivity index (χ2n) is 3.62. The molecule has 1 heterocycles. The Labute approximate surface area is 107 Å². The topological polar surface area (TPSA) is 87.4 Å². The van der Waals surface area contributed by atoms with E-state index in [-0.39, 0.29) is 18.7 Å². The lowest BCUT2D eigenvalue weighted by molar-refractivity contribution is 0.105. The first-order chi connectivity index (χ1) is 8.10.